The molecule has 62 heavy (non-hydrogen) atoms. The fourth-order valence-corrected chi connectivity index (χ4v) is 7.89. The molecular weight excluding hydrogens is 767 g/mol. The van der Waals surface area contributed by atoms with E-state index in [9.17, 15) is 19.8 Å². The lowest BCUT2D eigenvalue weighted by Crippen LogP contribution is -2.45. The average Bonchev–Trinajstić information content (AvgIpc) is 3.27. The summed E-state index contributed by atoms with van der Waals surface area (Å²) in [5.41, 5.74) is 0. The van der Waals surface area contributed by atoms with Gasteiger partial charge in [-0.05, 0) is 89.9 Å². The number of nitrogens with one attached hydrogen (secondary N) is 1. The first-order chi connectivity index (χ1) is 30.5. The lowest BCUT2D eigenvalue weighted by atomic mass is 10.0. The van der Waals surface area contributed by atoms with Crippen molar-refractivity contribution in [3.63, 3.8) is 0 Å². The van der Waals surface area contributed by atoms with Gasteiger partial charge in [-0.3, -0.25) is 9.59 Å². The van der Waals surface area contributed by atoms with Crippen LogP contribution in [0, 0.1) is 0 Å². The summed E-state index contributed by atoms with van der Waals surface area (Å²) < 4.78 is 5.45. The molecule has 0 saturated heterocycles. The molecule has 0 heterocycles. The smallest absolute Gasteiger partial charge is 0.305 e. The monoisotopic (exact) mass is 870 g/mol. The molecule has 3 N–H and O–H groups in total. The number of ether oxygens (including phenoxy) is 1. The SMILES string of the molecule is CCCCC/C=C\C/C=C\CCCCCCCC(=O)OCCCCCC/C=C\CCCCCCCCCC(=O)NC(CO)C(O)/C=C/CCCCCCCCCCCCCCC. The maximum Gasteiger partial charge on any atom is 0.305 e. The van der Waals surface area contributed by atoms with Gasteiger partial charge >= 0.3 is 5.97 Å². The highest BCUT2D eigenvalue weighted by Gasteiger charge is 2.18. The number of unbranched alkanes of at least 4 members (excludes halogenated alkanes) is 32. The predicted molar refractivity (Wildman–Crippen MR) is 269 cm³/mol. The van der Waals surface area contributed by atoms with Crippen molar-refractivity contribution in [2.24, 2.45) is 0 Å². The zero-order valence-corrected chi connectivity index (χ0v) is 41.1. The highest BCUT2D eigenvalue weighted by Crippen LogP contribution is 2.15. The van der Waals surface area contributed by atoms with Crippen LogP contribution in [0.15, 0.2) is 48.6 Å². The molecular formula is C56H103NO5. The Bertz CT molecular complexity index is 1050. The van der Waals surface area contributed by atoms with Crippen molar-refractivity contribution in [2.75, 3.05) is 13.2 Å². The molecule has 2 atom stereocenters. The molecule has 0 rings (SSSR count). The molecule has 362 valence electrons. The number of aliphatic hydroxyl groups excluding tert-OH is 2. The molecule has 0 radical (unpaired) electrons. The highest BCUT2D eigenvalue weighted by atomic mass is 16.5. The van der Waals surface area contributed by atoms with Gasteiger partial charge in [-0.25, -0.2) is 0 Å². The van der Waals surface area contributed by atoms with Crippen LogP contribution in [0.1, 0.15) is 271 Å². The Labute approximate surface area is 385 Å². The lowest BCUT2D eigenvalue weighted by molar-refractivity contribution is -0.143. The molecule has 6 heteroatoms. The molecule has 0 aliphatic heterocycles. The molecule has 0 saturated carbocycles. The molecule has 0 aliphatic carbocycles. The van der Waals surface area contributed by atoms with Crippen molar-refractivity contribution in [1.82, 2.24) is 5.32 Å². The van der Waals surface area contributed by atoms with Gasteiger partial charge in [0.15, 0.2) is 0 Å². The number of carbonyl (C=O) groups is 2. The van der Waals surface area contributed by atoms with Crippen LogP contribution in [0.4, 0.5) is 0 Å². The molecule has 0 aromatic rings. The average molecular weight is 870 g/mol. The molecule has 0 aromatic heterocycles. The van der Waals surface area contributed by atoms with Crippen molar-refractivity contribution in [1.29, 1.82) is 0 Å². The third kappa shape index (κ3) is 47.3. The van der Waals surface area contributed by atoms with Crippen LogP contribution in [0.3, 0.4) is 0 Å². The van der Waals surface area contributed by atoms with Gasteiger partial charge in [0.05, 0.1) is 25.4 Å². The summed E-state index contributed by atoms with van der Waals surface area (Å²) in [6.45, 7) is 4.83. The van der Waals surface area contributed by atoms with E-state index in [2.05, 4.69) is 55.6 Å². The summed E-state index contributed by atoms with van der Waals surface area (Å²) in [5.74, 6) is -0.110. The summed E-state index contributed by atoms with van der Waals surface area (Å²) in [6, 6.07) is -0.640. The summed E-state index contributed by atoms with van der Waals surface area (Å²) in [4.78, 5) is 24.5. The summed E-state index contributed by atoms with van der Waals surface area (Å²) in [6.07, 6.45) is 64.0. The first kappa shape index (κ1) is 59.8. The van der Waals surface area contributed by atoms with Gasteiger partial charge in [0.2, 0.25) is 5.91 Å². The molecule has 0 spiro atoms. The zero-order valence-electron chi connectivity index (χ0n) is 41.1. The van der Waals surface area contributed by atoms with Crippen molar-refractivity contribution in [3.05, 3.63) is 48.6 Å². The van der Waals surface area contributed by atoms with Gasteiger partial charge in [0, 0.05) is 12.8 Å². The van der Waals surface area contributed by atoms with Crippen LogP contribution in [-0.4, -0.2) is 47.4 Å². The van der Waals surface area contributed by atoms with Gasteiger partial charge < -0.3 is 20.3 Å². The Morgan fingerprint density at radius 2 is 0.806 bits per heavy atom. The quantitative estimate of drug-likeness (QED) is 0.0322. The molecule has 6 nitrogen and oxygen atoms in total. The largest absolute Gasteiger partial charge is 0.466 e. The number of aliphatic hydroxyl groups is 2. The topological polar surface area (TPSA) is 95.9 Å². The Morgan fingerprint density at radius 3 is 1.27 bits per heavy atom. The van der Waals surface area contributed by atoms with E-state index in [1.54, 1.807) is 6.08 Å². The van der Waals surface area contributed by atoms with Crippen LogP contribution in [0.5, 0.6) is 0 Å². The molecule has 1 amide bonds. The van der Waals surface area contributed by atoms with E-state index in [1.807, 2.05) is 6.08 Å². The number of rotatable bonds is 49. The van der Waals surface area contributed by atoms with Gasteiger partial charge in [-0.15, -0.1) is 0 Å². The summed E-state index contributed by atoms with van der Waals surface area (Å²) in [7, 11) is 0. The first-order valence-corrected chi connectivity index (χ1v) is 26.9. The summed E-state index contributed by atoms with van der Waals surface area (Å²) in [5, 5.41) is 23.1. The Morgan fingerprint density at radius 1 is 0.452 bits per heavy atom. The molecule has 0 aromatic carbocycles. The first-order valence-electron chi connectivity index (χ1n) is 26.9. The third-order valence-electron chi connectivity index (χ3n) is 12.1. The Kier molecular flexibility index (Phi) is 49.6. The molecule has 2 unspecified atom stereocenters. The standard InChI is InChI=1S/C56H103NO5/c1-3-5-7-9-11-13-15-17-20-24-28-32-36-40-44-48-54(59)53(52-58)57-55(60)49-45-41-37-33-29-25-22-19-23-27-31-35-39-43-47-51-62-56(61)50-46-42-38-34-30-26-21-18-16-14-12-10-8-6-4-2/h12,14,18,21,23,27,44,48,53-54,58-59H,3-11,13,15-17,19-20,22,24-26,28-43,45-47,49-52H2,1-2H3,(H,57,60)/b14-12-,21-18-,27-23-,48-44+. The number of allylic oxidation sites excluding steroid dienone is 7. The van der Waals surface area contributed by atoms with Crippen LogP contribution in [0.2, 0.25) is 0 Å². The van der Waals surface area contributed by atoms with Gasteiger partial charge in [-0.1, -0.05) is 217 Å². The minimum absolute atomic E-state index is 0.0260. The second kappa shape index (κ2) is 51.5. The number of amides is 1. The van der Waals surface area contributed by atoms with E-state index in [4.69, 9.17) is 4.74 Å². The van der Waals surface area contributed by atoms with Crippen molar-refractivity contribution < 1.29 is 24.5 Å². The fraction of sp³-hybridized carbons (Fsp3) is 0.821. The second-order valence-electron chi connectivity index (χ2n) is 18.2. The normalized spacial score (nSPS) is 13.0. The van der Waals surface area contributed by atoms with Gasteiger partial charge in [0.1, 0.15) is 0 Å². The van der Waals surface area contributed by atoms with Crippen LogP contribution in [-0.2, 0) is 14.3 Å². The van der Waals surface area contributed by atoms with E-state index in [-0.39, 0.29) is 18.5 Å². The van der Waals surface area contributed by atoms with Crippen LogP contribution in [0.25, 0.3) is 0 Å². The van der Waals surface area contributed by atoms with E-state index >= 15 is 0 Å². The minimum atomic E-state index is -0.855. The highest BCUT2D eigenvalue weighted by molar-refractivity contribution is 5.76. The van der Waals surface area contributed by atoms with Crippen LogP contribution < -0.4 is 5.32 Å². The fourth-order valence-electron chi connectivity index (χ4n) is 7.89. The zero-order chi connectivity index (χ0) is 45.1. The molecule has 0 bridgehead atoms. The van der Waals surface area contributed by atoms with Crippen molar-refractivity contribution >= 4 is 11.9 Å². The van der Waals surface area contributed by atoms with Crippen molar-refractivity contribution in [3.8, 4) is 0 Å². The number of hydrogen-bond acceptors (Lipinski definition) is 5. The van der Waals surface area contributed by atoms with E-state index in [0.29, 0.717) is 19.4 Å². The summed E-state index contributed by atoms with van der Waals surface area (Å²) >= 11 is 0. The third-order valence-corrected chi connectivity index (χ3v) is 12.1. The maximum atomic E-state index is 12.4. The minimum Gasteiger partial charge on any atom is -0.466 e. The van der Waals surface area contributed by atoms with Crippen LogP contribution >= 0.6 is 0 Å². The molecule has 0 fully saturated rings. The maximum absolute atomic E-state index is 12.4. The Balaban J connectivity index is 3.53. The molecule has 0 aliphatic rings. The van der Waals surface area contributed by atoms with Crippen molar-refractivity contribution in [2.45, 2.75) is 283 Å². The predicted octanol–water partition coefficient (Wildman–Crippen LogP) is 16.2. The van der Waals surface area contributed by atoms with E-state index < -0.39 is 12.1 Å². The van der Waals surface area contributed by atoms with E-state index in [1.165, 1.54) is 161 Å². The number of carbonyl (C=O) groups excluding carboxylic acids is 2. The lowest BCUT2D eigenvalue weighted by Gasteiger charge is -2.20. The number of hydrogen-bond donors (Lipinski definition) is 3. The number of esters is 1. The van der Waals surface area contributed by atoms with Gasteiger partial charge in [-0.2, -0.15) is 0 Å². The van der Waals surface area contributed by atoms with Gasteiger partial charge in [0.25, 0.3) is 0 Å². The van der Waals surface area contributed by atoms with E-state index in [0.717, 1.165) is 83.5 Å². The Hall–Kier alpha value is -2.18. The second-order valence-corrected chi connectivity index (χ2v) is 18.2.